The Balaban J connectivity index is 2.16. The molecule has 6 heteroatoms. The second-order valence-electron chi connectivity index (χ2n) is 5.39. The van der Waals surface area contributed by atoms with Crippen molar-refractivity contribution in [1.82, 2.24) is 10.6 Å². The van der Waals surface area contributed by atoms with Crippen LogP contribution in [0.3, 0.4) is 0 Å². The summed E-state index contributed by atoms with van der Waals surface area (Å²) in [5.74, 6) is 0.122. The Kier molecular flexibility index (Phi) is 6.98. The van der Waals surface area contributed by atoms with Crippen LogP contribution in [-0.2, 0) is 9.59 Å². The van der Waals surface area contributed by atoms with Crippen LogP contribution in [0, 0.1) is 0 Å². The maximum absolute atomic E-state index is 12.2. The molecule has 0 aliphatic rings. The lowest BCUT2D eigenvalue weighted by atomic mass is 9.98. The molecule has 2 amide bonds. The van der Waals surface area contributed by atoms with Gasteiger partial charge < -0.3 is 21.1 Å². The molecule has 0 spiro atoms. The zero-order valence-electron chi connectivity index (χ0n) is 14.2. The maximum atomic E-state index is 12.2. The number of rotatable bonds is 8. The van der Waals surface area contributed by atoms with Gasteiger partial charge in [0.1, 0.15) is 5.75 Å². The molecular weight excluding hydrogens is 318 g/mol. The third-order valence-electron chi connectivity index (χ3n) is 3.59. The Morgan fingerprint density at radius 1 is 1.00 bits per heavy atom. The first-order chi connectivity index (χ1) is 12.1. The number of carbonyl (C=O) groups excluding carboxylic acids is 2. The number of ether oxygens (including phenoxy) is 1. The number of nitrogens with two attached hydrogens (primary N) is 1. The van der Waals surface area contributed by atoms with Gasteiger partial charge >= 0.3 is 0 Å². The number of nitrogens with one attached hydrogen (secondary N) is 2. The Labute approximate surface area is 147 Å². The van der Waals surface area contributed by atoms with Gasteiger partial charge in [0.25, 0.3) is 0 Å². The lowest BCUT2D eigenvalue weighted by molar-refractivity contribution is -0.125. The topological polar surface area (TPSA) is 93.5 Å². The fourth-order valence-corrected chi connectivity index (χ4v) is 2.39. The second kappa shape index (κ2) is 9.44. The van der Waals surface area contributed by atoms with E-state index >= 15 is 0 Å². The van der Waals surface area contributed by atoms with Gasteiger partial charge in [-0.1, -0.05) is 42.5 Å². The van der Waals surface area contributed by atoms with Crippen molar-refractivity contribution < 1.29 is 14.3 Å². The monoisotopic (exact) mass is 341 g/mol. The molecule has 2 rings (SSSR count). The fourth-order valence-electron chi connectivity index (χ4n) is 2.39. The molecule has 0 fully saturated rings. The number of benzene rings is 2. The predicted octanol–water partition coefficient (Wildman–Crippen LogP) is 1.37. The summed E-state index contributed by atoms with van der Waals surface area (Å²) in [6.45, 7) is 2.26. The normalized spacial score (nSPS) is 11.4. The van der Waals surface area contributed by atoms with Crippen LogP contribution in [0.2, 0.25) is 0 Å². The van der Waals surface area contributed by atoms with E-state index in [9.17, 15) is 9.59 Å². The summed E-state index contributed by atoms with van der Waals surface area (Å²) in [5.41, 5.74) is 7.10. The molecule has 25 heavy (non-hydrogen) atoms. The molecule has 0 radical (unpaired) electrons. The molecule has 0 saturated carbocycles. The summed E-state index contributed by atoms with van der Waals surface area (Å²) in [6.07, 6.45) is 0. The summed E-state index contributed by atoms with van der Waals surface area (Å²) in [7, 11) is 0. The van der Waals surface area contributed by atoms with Crippen LogP contribution >= 0.6 is 0 Å². The van der Waals surface area contributed by atoms with Crippen molar-refractivity contribution in [2.75, 3.05) is 19.7 Å². The van der Waals surface area contributed by atoms with Gasteiger partial charge in [-0.15, -0.1) is 0 Å². The molecule has 132 valence electrons. The Morgan fingerprint density at radius 3 is 2.24 bits per heavy atom. The molecular formula is C19H23N3O3. The van der Waals surface area contributed by atoms with Gasteiger partial charge in [0, 0.05) is 0 Å². The van der Waals surface area contributed by atoms with E-state index in [0.717, 1.165) is 16.9 Å². The average molecular weight is 341 g/mol. The highest BCUT2D eigenvalue weighted by Crippen LogP contribution is 2.24. The maximum Gasteiger partial charge on any atom is 0.240 e. The standard InChI is InChI=1S/C19H23N3O3/c1-2-25-16-10-8-15(9-11-16)19(14-6-4-3-5-7-14)22-18(24)13-21-17(23)12-20/h3-11,19H,2,12-13,20H2,1H3,(H,21,23)(H,22,24). The van der Waals surface area contributed by atoms with Crippen molar-refractivity contribution >= 4 is 11.8 Å². The minimum atomic E-state index is -0.368. The van der Waals surface area contributed by atoms with E-state index in [1.54, 1.807) is 0 Å². The summed E-state index contributed by atoms with van der Waals surface area (Å²) < 4.78 is 5.46. The molecule has 2 aromatic carbocycles. The number of hydrogen-bond acceptors (Lipinski definition) is 4. The van der Waals surface area contributed by atoms with Crippen molar-refractivity contribution in [1.29, 1.82) is 0 Å². The van der Waals surface area contributed by atoms with E-state index in [1.807, 2.05) is 61.5 Å². The van der Waals surface area contributed by atoms with Crippen LogP contribution < -0.4 is 21.1 Å². The Hall–Kier alpha value is -2.86. The minimum absolute atomic E-state index is 0.115. The lowest BCUT2D eigenvalue weighted by Crippen LogP contribution is -2.40. The highest BCUT2D eigenvalue weighted by Gasteiger charge is 2.17. The fraction of sp³-hybridized carbons (Fsp3) is 0.263. The number of amides is 2. The van der Waals surface area contributed by atoms with E-state index in [0.29, 0.717) is 6.61 Å². The predicted molar refractivity (Wildman–Crippen MR) is 96.1 cm³/mol. The lowest BCUT2D eigenvalue weighted by Gasteiger charge is -2.20. The van der Waals surface area contributed by atoms with Crippen molar-refractivity contribution in [2.45, 2.75) is 13.0 Å². The number of hydrogen-bond donors (Lipinski definition) is 3. The Morgan fingerprint density at radius 2 is 1.64 bits per heavy atom. The molecule has 0 saturated heterocycles. The molecule has 0 aromatic heterocycles. The quantitative estimate of drug-likeness (QED) is 0.676. The first kappa shape index (κ1) is 18.5. The van der Waals surface area contributed by atoms with Crippen molar-refractivity contribution in [2.24, 2.45) is 5.73 Å². The van der Waals surface area contributed by atoms with Gasteiger partial charge in [0.2, 0.25) is 11.8 Å². The van der Waals surface area contributed by atoms with Gasteiger partial charge in [-0.2, -0.15) is 0 Å². The minimum Gasteiger partial charge on any atom is -0.494 e. The summed E-state index contributed by atoms with van der Waals surface area (Å²) in [4.78, 5) is 23.4. The number of carbonyl (C=O) groups is 2. The van der Waals surface area contributed by atoms with Gasteiger partial charge in [0.05, 0.1) is 25.7 Å². The molecule has 1 unspecified atom stereocenters. The summed E-state index contributed by atoms with van der Waals surface area (Å²) in [5, 5.41) is 5.42. The first-order valence-electron chi connectivity index (χ1n) is 8.18. The average Bonchev–Trinajstić information content (AvgIpc) is 2.66. The molecule has 6 nitrogen and oxygen atoms in total. The molecule has 4 N–H and O–H groups in total. The van der Waals surface area contributed by atoms with E-state index < -0.39 is 0 Å². The highest BCUT2D eigenvalue weighted by molar-refractivity contribution is 5.85. The van der Waals surface area contributed by atoms with E-state index in [1.165, 1.54) is 0 Å². The zero-order chi connectivity index (χ0) is 18.1. The van der Waals surface area contributed by atoms with Gasteiger partial charge in [0.15, 0.2) is 0 Å². The van der Waals surface area contributed by atoms with Gasteiger partial charge in [-0.05, 0) is 30.2 Å². The van der Waals surface area contributed by atoms with E-state index in [4.69, 9.17) is 10.5 Å². The second-order valence-corrected chi connectivity index (χ2v) is 5.39. The highest BCUT2D eigenvalue weighted by atomic mass is 16.5. The van der Waals surface area contributed by atoms with Crippen LogP contribution in [0.25, 0.3) is 0 Å². The van der Waals surface area contributed by atoms with Crippen molar-refractivity contribution in [3.8, 4) is 5.75 Å². The molecule has 0 aliphatic heterocycles. The van der Waals surface area contributed by atoms with Crippen LogP contribution in [0.15, 0.2) is 54.6 Å². The largest absolute Gasteiger partial charge is 0.494 e. The summed E-state index contributed by atoms with van der Waals surface area (Å²) in [6, 6.07) is 16.9. The third kappa shape index (κ3) is 5.61. The van der Waals surface area contributed by atoms with Gasteiger partial charge in [-0.25, -0.2) is 0 Å². The van der Waals surface area contributed by atoms with Crippen molar-refractivity contribution in [3.05, 3.63) is 65.7 Å². The van der Waals surface area contributed by atoms with Gasteiger partial charge in [-0.3, -0.25) is 9.59 Å². The van der Waals surface area contributed by atoms with E-state index in [-0.39, 0.29) is 30.9 Å². The first-order valence-corrected chi connectivity index (χ1v) is 8.18. The van der Waals surface area contributed by atoms with Crippen LogP contribution in [-0.4, -0.2) is 31.5 Å². The summed E-state index contributed by atoms with van der Waals surface area (Å²) >= 11 is 0. The van der Waals surface area contributed by atoms with Crippen LogP contribution in [0.4, 0.5) is 0 Å². The third-order valence-corrected chi connectivity index (χ3v) is 3.59. The Bertz CT molecular complexity index is 687. The van der Waals surface area contributed by atoms with Crippen molar-refractivity contribution in [3.63, 3.8) is 0 Å². The van der Waals surface area contributed by atoms with Crippen LogP contribution in [0.5, 0.6) is 5.75 Å². The molecule has 0 aliphatic carbocycles. The molecule has 0 bridgehead atoms. The molecule has 1 atom stereocenters. The molecule has 0 heterocycles. The van der Waals surface area contributed by atoms with Crippen LogP contribution in [0.1, 0.15) is 24.1 Å². The smallest absolute Gasteiger partial charge is 0.240 e. The molecule has 2 aromatic rings. The zero-order valence-corrected chi connectivity index (χ0v) is 14.2. The SMILES string of the molecule is CCOc1ccc(C(NC(=O)CNC(=O)CN)c2ccccc2)cc1. The van der Waals surface area contributed by atoms with E-state index in [2.05, 4.69) is 10.6 Å².